The third-order valence-corrected chi connectivity index (χ3v) is 3.61. The van der Waals surface area contributed by atoms with E-state index in [0.717, 1.165) is 11.3 Å². The monoisotopic (exact) mass is 308 g/mol. The molecular weight excluding hydrogens is 291 g/mol. The SMILES string of the molecule is OC(Cc1ccccc1F)c1ccc(Oc2ccccc2)cc1. The molecule has 0 fully saturated rings. The minimum Gasteiger partial charge on any atom is -0.457 e. The zero-order valence-electron chi connectivity index (χ0n) is 12.5. The Morgan fingerprint density at radius 3 is 2.09 bits per heavy atom. The van der Waals surface area contributed by atoms with Crippen LogP contribution < -0.4 is 4.74 Å². The minimum absolute atomic E-state index is 0.242. The lowest BCUT2D eigenvalue weighted by Crippen LogP contribution is -2.03. The van der Waals surface area contributed by atoms with Crippen molar-refractivity contribution in [2.45, 2.75) is 12.5 Å². The quantitative estimate of drug-likeness (QED) is 0.727. The van der Waals surface area contributed by atoms with Crippen LogP contribution in [0.3, 0.4) is 0 Å². The molecule has 0 aliphatic heterocycles. The molecule has 3 aromatic carbocycles. The highest BCUT2D eigenvalue weighted by Crippen LogP contribution is 2.25. The molecule has 0 radical (unpaired) electrons. The number of hydrogen-bond donors (Lipinski definition) is 1. The molecule has 0 bridgehead atoms. The topological polar surface area (TPSA) is 29.5 Å². The molecule has 3 heteroatoms. The van der Waals surface area contributed by atoms with Crippen molar-refractivity contribution in [1.82, 2.24) is 0 Å². The zero-order chi connectivity index (χ0) is 16.1. The first kappa shape index (κ1) is 15.3. The number of ether oxygens (including phenoxy) is 1. The van der Waals surface area contributed by atoms with E-state index in [1.165, 1.54) is 6.07 Å². The molecule has 1 atom stereocenters. The van der Waals surface area contributed by atoms with Crippen molar-refractivity contribution in [2.75, 3.05) is 0 Å². The predicted octanol–water partition coefficient (Wildman–Crippen LogP) is 4.89. The summed E-state index contributed by atoms with van der Waals surface area (Å²) in [6, 6.07) is 23.2. The average molecular weight is 308 g/mol. The highest BCUT2D eigenvalue weighted by Gasteiger charge is 2.11. The number of aliphatic hydroxyl groups excluding tert-OH is 1. The van der Waals surface area contributed by atoms with Gasteiger partial charge in [0.15, 0.2) is 0 Å². The van der Waals surface area contributed by atoms with E-state index < -0.39 is 6.10 Å². The van der Waals surface area contributed by atoms with Gasteiger partial charge in [-0.2, -0.15) is 0 Å². The van der Waals surface area contributed by atoms with Crippen LogP contribution >= 0.6 is 0 Å². The summed E-state index contributed by atoms with van der Waals surface area (Å²) in [6.45, 7) is 0. The van der Waals surface area contributed by atoms with E-state index in [0.29, 0.717) is 11.3 Å². The van der Waals surface area contributed by atoms with Gasteiger partial charge in [0.1, 0.15) is 17.3 Å². The van der Waals surface area contributed by atoms with Crippen LogP contribution in [0.15, 0.2) is 78.9 Å². The van der Waals surface area contributed by atoms with Crippen molar-refractivity contribution in [1.29, 1.82) is 0 Å². The summed E-state index contributed by atoms with van der Waals surface area (Å²) in [7, 11) is 0. The fourth-order valence-electron chi connectivity index (χ4n) is 2.37. The Labute approximate surface area is 134 Å². The summed E-state index contributed by atoms with van der Waals surface area (Å²) in [5.74, 6) is 1.15. The Morgan fingerprint density at radius 2 is 1.39 bits per heavy atom. The highest BCUT2D eigenvalue weighted by atomic mass is 19.1. The summed E-state index contributed by atoms with van der Waals surface area (Å²) in [5, 5.41) is 10.3. The Balaban J connectivity index is 1.68. The maximum Gasteiger partial charge on any atom is 0.127 e. The van der Waals surface area contributed by atoms with Crippen molar-refractivity contribution in [2.24, 2.45) is 0 Å². The molecule has 0 spiro atoms. The second-order valence-corrected chi connectivity index (χ2v) is 5.30. The lowest BCUT2D eigenvalue weighted by atomic mass is 10.0. The molecule has 3 rings (SSSR count). The lowest BCUT2D eigenvalue weighted by molar-refractivity contribution is 0.177. The molecule has 1 unspecified atom stereocenters. The standard InChI is InChI=1S/C20H17FO2/c21-19-9-5-4-6-16(19)14-20(22)15-10-12-18(13-11-15)23-17-7-2-1-3-8-17/h1-13,20,22H,14H2. The third-order valence-electron chi connectivity index (χ3n) is 3.61. The molecule has 116 valence electrons. The fraction of sp³-hybridized carbons (Fsp3) is 0.100. The van der Waals surface area contributed by atoms with Crippen molar-refractivity contribution in [3.8, 4) is 11.5 Å². The van der Waals surface area contributed by atoms with Gasteiger partial charge in [-0.05, 0) is 41.5 Å². The number of aliphatic hydroxyl groups is 1. The fourth-order valence-corrected chi connectivity index (χ4v) is 2.37. The minimum atomic E-state index is -0.752. The Morgan fingerprint density at radius 1 is 0.783 bits per heavy atom. The Hall–Kier alpha value is -2.65. The van der Waals surface area contributed by atoms with Crippen LogP contribution in [0.2, 0.25) is 0 Å². The van der Waals surface area contributed by atoms with Crippen molar-refractivity contribution < 1.29 is 14.2 Å². The molecule has 0 saturated heterocycles. The summed E-state index contributed by atoms with van der Waals surface area (Å²) in [6.07, 6.45) is -0.511. The van der Waals surface area contributed by atoms with Crippen LogP contribution in [-0.4, -0.2) is 5.11 Å². The van der Waals surface area contributed by atoms with Gasteiger partial charge in [0.05, 0.1) is 6.10 Å². The van der Waals surface area contributed by atoms with Crippen LogP contribution in [0.4, 0.5) is 4.39 Å². The Kier molecular flexibility index (Phi) is 4.69. The zero-order valence-corrected chi connectivity index (χ0v) is 12.5. The van der Waals surface area contributed by atoms with Crippen LogP contribution in [0, 0.1) is 5.82 Å². The van der Waals surface area contributed by atoms with E-state index in [-0.39, 0.29) is 12.2 Å². The van der Waals surface area contributed by atoms with E-state index in [9.17, 15) is 9.50 Å². The van der Waals surface area contributed by atoms with E-state index in [2.05, 4.69) is 0 Å². The van der Waals surface area contributed by atoms with Crippen LogP contribution in [0.5, 0.6) is 11.5 Å². The largest absolute Gasteiger partial charge is 0.457 e. The number of hydrogen-bond acceptors (Lipinski definition) is 2. The molecule has 0 saturated carbocycles. The molecule has 0 aromatic heterocycles. The maximum absolute atomic E-state index is 13.6. The number of halogens is 1. The predicted molar refractivity (Wildman–Crippen MR) is 88.0 cm³/mol. The van der Waals surface area contributed by atoms with Gasteiger partial charge < -0.3 is 9.84 Å². The van der Waals surface area contributed by atoms with E-state index in [1.807, 2.05) is 30.3 Å². The summed E-state index contributed by atoms with van der Waals surface area (Å²) in [5.41, 5.74) is 1.23. The summed E-state index contributed by atoms with van der Waals surface area (Å²) >= 11 is 0. The molecular formula is C20H17FO2. The van der Waals surface area contributed by atoms with Gasteiger partial charge in [0, 0.05) is 6.42 Å². The molecule has 0 heterocycles. The summed E-state index contributed by atoms with van der Waals surface area (Å²) < 4.78 is 19.3. The van der Waals surface area contributed by atoms with Crippen molar-refractivity contribution in [3.05, 3.63) is 95.8 Å². The first-order chi connectivity index (χ1) is 11.2. The number of rotatable bonds is 5. The van der Waals surface area contributed by atoms with Crippen molar-refractivity contribution >= 4 is 0 Å². The van der Waals surface area contributed by atoms with Crippen LogP contribution in [-0.2, 0) is 6.42 Å². The van der Waals surface area contributed by atoms with E-state index >= 15 is 0 Å². The Bertz CT molecular complexity index is 754. The molecule has 0 aliphatic rings. The maximum atomic E-state index is 13.6. The third kappa shape index (κ3) is 3.96. The first-order valence-electron chi connectivity index (χ1n) is 7.47. The smallest absolute Gasteiger partial charge is 0.127 e. The normalized spacial score (nSPS) is 11.9. The van der Waals surface area contributed by atoms with Crippen molar-refractivity contribution in [3.63, 3.8) is 0 Å². The van der Waals surface area contributed by atoms with Gasteiger partial charge in [0.2, 0.25) is 0 Å². The molecule has 0 aliphatic carbocycles. The number of para-hydroxylation sites is 1. The van der Waals surface area contributed by atoms with Gasteiger partial charge in [0.25, 0.3) is 0 Å². The summed E-state index contributed by atoms with van der Waals surface area (Å²) in [4.78, 5) is 0. The van der Waals surface area contributed by atoms with Gasteiger partial charge >= 0.3 is 0 Å². The molecule has 2 nitrogen and oxygen atoms in total. The van der Waals surface area contributed by atoms with E-state index in [1.54, 1.807) is 42.5 Å². The van der Waals surface area contributed by atoms with E-state index in [4.69, 9.17) is 4.74 Å². The van der Waals surface area contributed by atoms with Crippen LogP contribution in [0.1, 0.15) is 17.2 Å². The second-order valence-electron chi connectivity index (χ2n) is 5.30. The number of benzene rings is 3. The molecule has 3 aromatic rings. The molecule has 0 amide bonds. The lowest BCUT2D eigenvalue weighted by Gasteiger charge is -2.13. The van der Waals surface area contributed by atoms with Gasteiger partial charge in [-0.3, -0.25) is 0 Å². The second kappa shape index (κ2) is 7.07. The molecule has 1 N–H and O–H groups in total. The average Bonchev–Trinajstić information content (AvgIpc) is 2.58. The van der Waals surface area contributed by atoms with Gasteiger partial charge in [-0.1, -0.05) is 48.5 Å². The van der Waals surface area contributed by atoms with Gasteiger partial charge in [-0.25, -0.2) is 4.39 Å². The van der Waals surface area contributed by atoms with Gasteiger partial charge in [-0.15, -0.1) is 0 Å². The molecule has 23 heavy (non-hydrogen) atoms. The van der Waals surface area contributed by atoms with Crippen LogP contribution in [0.25, 0.3) is 0 Å². The highest BCUT2D eigenvalue weighted by molar-refractivity contribution is 5.34. The first-order valence-corrected chi connectivity index (χ1v) is 7.47.